The number of rotatable bonds is 41. The molecule has 0 aromatic heterocycles. The number of amides is 11. The van der Waals surface area contributed by atoms with Gasteiger partial charge in [0.25, 0.3) is 0 Å². The zero-order valence-electron chi connectivity index (χ0n) is 61.0. The molecule has 0 spiro atoms. The zero-order valence-corrected chi connectivity index (χ0v) is 61.0. The van der Waals surface area contributed by atoms with Crippen molar-refractivity contribution in [2.75, 3.05) is 53.3 Å². The predicted octanol–water partition coefficient (Wildman–Crippen LogP) is 7.63. The van der Waals surface area contributed by atoms with E-state index in [1.807, 2.05) is 32.0 Å². The van der Waals surface area contributed by atoms with Crippen molar-refractivity contribution in [3.8, 4) is 0 Å². The summed E-state index contributed by atoms with van der Waals surface area (Å²) >= 11 is 0. The molecule has 1 unspecified atom stereocenters. The standard InChI is InChI=1S/C73H119N11O14/c1-15-48(8)64(57(96-13)43-60(87)84-42-26-33-56(84)66(97-14)49(9)67(89)77-50(10)65(88)53-30-20-17-21-31-53)82(11)71(93)62(46(4)5)81-70(92)63(47(6)7)83(12)73(95)98-44-52-36-38-54(39-37-52)78-68(90)55(32-25-41-76-72(74)94)79-69(91)61(45(2)3)80-59(86)35-24-34-58(85)75-40-23-22-29-51-27-18-16-19-28-51/h17,20-21,30-31,36-39,45-51,55-57,61-66,88H,15-16,18-19,22-29,32-35,40-44H2,1-14H3,(H,75,85)(H,77,89)(H,78,90)(H,79,91)(H,80,86)(H,81,92)(H3,74,76,94)/t48?,49-,50-,55+,56+,57-,61+,62+,63+,64+,65-,66-/m1/s1. The molecule has 0 radical (unpaired) electrons. The molecule has 2 aromatic rings. The van der Waals surface area contributed by atoms with Crippen molar-refractivity contribution in [1.82, 2.24) is 46.6 Å². The number of aliphatic hydroxyl groups excluding tert-OH is 1. The van der Waals surface area contributed by atoms with E-state index in [0.717, 1.165) is 18.8 Å². The highest BCUT2D eigenvalue weighted by Crippen LogP contribution is 2.31. The Bertz CT molecular complexity index is 2840. The summed E-state index contributed by atoms with van der Waals surface area (Å²) in [5.41, 5.74) is 6.82. The molecule has 2 fully saturated rings. The Labute approximate surface area is 582 Å². The quantitative estimate of drug-likeness (QED) is 0.0289. The lowest BCUT2D eigenvalue weighted by atomic mass is 9.86. The summed E-state index contributed by atoms with van der Waals surface area (Å²) in [4.78, 5) is 141. The van der Waals surface area contributed by atoms with Crippen LogP contribution in [-0.2, 0) is 59.2 Å². The van der Waals surface area contributed by atoms with Crippen LogP contribution >= 0.6 is 0 Å². The molecule has 4 rings (SSSR count). The van der Waals surface area contributed by atoms with Crippen molar-refractivity contribution in [1.29, 1.82) is 0 Å². The Morgan fingerprint density at radius 2 is 1.30 bits per heavy atom. The van der Waals surface area contributed by atoms with Crippen LogP contribution in [0.2, 0.25) is 0 Å². The van der Waals surface area contributed by atoms with Gasteiger partial charge in [-0.2, -0.15) is 0 Å². The monoisotopic (exact) mass is 1370 g/mol. The van der Waals surface area contributed by atoms with Crippen molar-refractivity contribution in [2.45, 2.75) is 246 Å². The van der Waals surface area contributed by atoms with Crippen molar-refractivity contribution in [3.05, 3.63) is 65.7 Å². The molecule has 25 heteroatoms. The Morgan fingerprint density at radius 1 is 0.653 bits per heavy atom. The van der Waals surface area contributed by atoms with Crippen LogP contribution in [0.1, 0.15) is 196 Å². The van der Waals surface area contributed by atoms with E-state index in [0.29, 0.717) is 55.6 Å². The number of unbranched alkanes of at least 4 members (excludes halogenated alkanes) is 1. The van der Waals surface area contributed by atoms with Gasteiger partial charge in [-0.15, -0.1) is 0 Å². The number of nitrogens with zero attached hydrogens (tertiary/aromatic N) is 3. The number of ether oxygens (including phenoxy) is 3. The van der Waals surface area contributed by atoms with Crippen LogP contribution in [0.25, 0.3) is 0 Å². The van der Waals surface area contributed by atoms with Crippen LogP contribution in [0.4, 0.5) is 15.3 Å². The average Bonchev–Trinajstić information content (AvgIpc) is 1.54. The third kappa shape index (κ3) is 26.4. The number of likely N-dealkylation sites (N-methyl/N-ethyl adjacent to an activating group) is 2. The summed E-state index contributed by atoms with van der Waals surface area (Å²) in [5.74, 6) is -4.54. The minimum absolute atomic E-state index is 0.0253. The lowest BCUT2D eigenvalue weighted by Crippen LogP contribution is -2.60. The molecule has 1 aliphatic carbocycles. The normalized spacial score (nSPS) is 17.5. The summed E-state index contributed by atoms with van der Waals surface area (Å²) < 4.78 is 17.8. The van der Waals surface area contributed by atoms with E-state index in [2.05, 4.69) is 37.2 Å². The van der Waals surface area contributed by atoms with Gasteiger partial charge < -0.3 is 72.1 Å². The molecule has 25 nitrogen and oxygen atoms in total. The van der Waals surface area contributed by atoms with Gasteiger partial charge in [0, 0.05) is 66.5 Å². The molecule has 2 aliphatic rings. The Morgan fingerprint density at radius 3 is 1.90 bits per heavy atom. The number of anilines is 1. The smallest absolute Gasteiger partial charge is 0.410 e. The summed E-state index contributed by atoms with van der Waals surface area (Å²) in [6, 6.07) is 8.86. The minimum Gasteiger partial charge on any atom is -0.445 e. The van der Waals surface area contributed by atoms with Gasteiger partial charge in [-0.25, -0.2) is 9.59 Å². The van der Waals surface area contributed by atoms with Crippen LogP contribution in [0.5, 0.6) is 0 Å². The number of nitrogens with one attached hydrogen (secondary N) is 7. The van der Waals surface area contributed by atoms with E-state index in [4.69, 9.17) is 19.9 Å². The van der Waals surface area contributed by atoms with Crippen LogP contribution in [0.3, 0.4) is 0 Å². The number of hydrogen-bond donors (Lipinski definition) is 9. The molecule has 1 saturated heterocycles. The van der Waals surface area contributed by atoms with Gasteiger partial charge in [0.05, 0.1) is 48.8 Å². The fourth-order valence-electron chi connectivity index (χ4n) is 13.4. The number of likely N-dealkylation sites (tertiary alicyclic amines) is 1. The first-order chi connectivity index (χ1) is 46.5. The Hall–Kier alpha value is -7.38. The first-order valence-electron chi connectivity index (χ1n) is 35.7. The SMILES string of the molecule is CCC(C)[C@@H]([C@@H](CC(=O)N1CCC[C@H]1[C@H](OC)[C@@H](C)C(=O)N[C@H](C)[C@@H](O)c1ccccc1)OC)N(C)C(=O)[C@@H](NC(=O)[C@H](C(C)C)N(C)C(=O)OCc1ccc(NC(=O)[C@H](CCCNC(N)=O)NC(=O)[C@@H](NC(=O)CCCC(=O)NCCCCC2CCCCC2)C(C)C)cc1)C(C)C. The molecular weight excluding hydrogens is 1250 g/mol. The highest BCUT2D eigenvalue weighted by molar-refractivity contribution is 5.98. The van der Waals surface area contributed by atoms with Gasteiger partial charge in [0.1, 0.15) is 30.8 Å². The maximum Gasteiger partial charge on any atom is 0.410 e. The van der Waals surface area contributed by atoms with Crippen molar-refractivity contribution >= 4 is 65.1 Å². The van der Waals surface area contributed by atoms with Crippen molar-refractivity contribution < 1.29 is 67.3 Å². The van der Waals surface area contributed by atoms with E-state index in [1.165, 1.54) is 64.7 Å². The van der Waals surface area contributed by atoms with E-state index in [9.17, 15) is 53.1 Å². The minimum atomic E-state index is -1.10. The van der Waals surface area contributed by atoms with Gasteiger partial charge in [0.2, 0.25) is 47.3 Å². The number of hydrogen-bond acceptors (Lipinski definition) is 14. The lowest BCUT2D eigenvalue weighted by molar-refractivity contribution is -0.148. The Kier molecular flexibility index (Phi) is 36.1. The largest absolute Gasteiger partial charge is 0.445 e. The molecule has 550 valence electrons. The Balaban J connectivity index is 1.35. The van der Waals surface area contributed by atoms with Gasteiger partial charge in [-0.05, 0) is 98.3 Å². The second-order valence-electron chi connectivity index (χ2n) is 28.0. The fourth-order valence-corrected chi connectivity index (χ4v) is 13.4. The van der Waals surface area contributed by atoms with Crippen molar-refractivity contribution in [3.63, 3.8) is 0 Å². The fraction of sp³-hybridized carbons (Fsp3) is 0.699. The van der Waals surface area contributed by atoms with Crippen LogP contribution in [0, 0.1) is 35.5 Å². The molecule has 1 saturated carbocycles. The summed E-state index contributed by atoms with van der Waals surface area (Å²) in [6.45, 7) is 19.1. The van der Waals surface area contributed by atoms with Crippen LogP contribution < -0.4 is 43.0 Å². The third-order valence-electron chi connectivity index (χ3n) is 19.4. The second-order valence-corrected chi connectivity index (χ2v) is 28.0. The predicted molar refractivity (Wildman–Crippen MR) is 376 cm³/mol. The van der Waals surface area contributed by atoms with E-state index in [1.54, 1.807) is 109 Å². The lowest BCUT2D eigenvalue weighted by Gasteiger charge is -2.41. The molecule has 12 atom stereocenters. The number of aliphatic hydroxyl groups is 1. The van der Waals surface area contributed by atoms with E-state index < -0.39 is 120 Å². The number of nitrogens with two attached hydrogens (primary N) is 1. The summed E-state index contributed by atoms with van der Waals surface area (Å²) in [5, 5.41) is 30.7. The number of methoxy groups -OCH3 is 2. The number of carbonyl (C=O) groups is 10. The first kappa shape index (κ1) is 83.0. The van der Waals surface area contributed by atoms with Crippen LogP contribution in [0.15, 0.2) is 54.6 Å². The van der Waals surface area contributed by atoms with Crippen molar-refractivity contribution in [2.24, 2.45) is 41.2 Å². The maximum atomic E-state index is 14.8. The second kappa shape index (κ2) is 42.5. The van der Waals surface area contributed by atoms with E-state index in [-0.39, 0.29) is 74.8 Å². The molecular formula is C73H119N11O14. The maximum absolute atomic E-state index is 14.8. The van der Waals surface area contributed by atoms with E-state index >= 15 is 0 Å². The van der Waals surface area contributed by atoms with Gasteiger partial charge in [0.15, 0.2) is 0 Å². The van der Waals surface area contributed by atoms with Gasteiger partial charge in [-0.1, -0.05) is 156 Å². The molecule has 11 amide bonds. The summed E-state index contributed by atoms with van der Waals surface area (Å²) in [6.07, 6.45) is 9.21. The molecule has 2 aromatic carbocycles. The highest BCUT2D eigenvalue weighted by atomic mass is 16.6. The van der Waals surface area contributed by atoms with Gasteiger partial charge >= 0.3 is 12.1 Å². The third-order valence-corrected chi connectivity index (χ3v) is 19.4. The highest BCUT2D eigenvalue weighted by Gasteiger charge is 2.44. The number of carbonyl (C=O) groups excluding carboxylic acids is 10. The molecule has 1 aliphatic heterocycles. The molecule has 10 N–H and O–H groups in total. The number of urea groups is 1. The number of primary amides is 1. The molecule has 98 heavy (non-hydrogen) atoms. The average molecular weight is 1370 g/mol. The number of benzene rings is 2. The molecule has 0 bridgehead atoms. The molecule has 1 heterocycles. The topological polar surface area (TPSA) is 339 Å². The van der Waals surface area contributed by atoms with Gasteiger partial charge in [-0.3, -0.25) is 43.3 Å². The first-order valence-corrected chi connectivity index (χ1v) is 35.7. The summed E-state index contributed by atoms with van der Waals surface area (Å²) in [7, 11) is 6.10. The zero-order chi connectivity index (χ0) is 72.8. The van der Waals surface area contributed by atoms with Crippen LogP contribution in [-0.4, -0.2) is 182 Å².